The third-order valence-corrected chi connectivity index (χ3v) is 6.68. The molecular formula is C16H36AlNO. The minimum atomic E-state index is -0.971. The number of hydrogen-bond acceptors (Lipinski definition) is 2. The zero-order chi connectivity index (χ0) is 14.5. The van der Waals surface area contributed by atoms with Crippen LogP contribution in [0.1, 0.15) is 73.1 Å². The van der Waals surface area contributed by atoms with Gasteiger partial charge in [0.2, 0.25) is 0 Å². The fourth-order valence-corrected chi connectivity index (χ4v) is 5.31. The van der Waals surface area contributed by atoms with Crippen LogP contribution in [0.5, 0.6) is 0 Å². The van der Waals surface area contributed by atoms with Crippen molar-refractivity contribution in [3.05, 3.63) is 0 Å². The van der Waals surface area contributed by atoms with Crippen LogP contribution in [0, 0.1) is 0 Å². The average molecular weight is 285 g/mol. The van der Waals surface area contributed by atoms with Crippen LogP contribution in [0.3, 0.4) is 0 Å². The zero-order valence-electron chi connectivity index (χ0n) is 14.1. The molecule has 1 atom stereocenters. The molecule has 0 saturated carbocycles. The molecule has 0 aliphatic carbocycles. The van der Waals surface area contributed by atoms with Crippen LogP contribution in [-0.4, -0.2) is 38.7 Å². The second kappa shape index (κ2) is 13.4. The second-order valence-corrected chi connectivity index (χ2v) is 8.29. The van der Waals surface area contributed by atoms with Gasteiger partial charge < -0.3 is 3.79 Å². The zero-order valence-corrected chi connectivity index (χ0v) is 15.2. The smallest absolute Gasteiger partial charge is 0.461 e. The predicted molar refractivity (Wildman–Crippen MR) is 87.9 cm³/mol. The Morgan fingerprint density at radius 2 is 1.32 bits per heavy atom. The predicted octanol–water partition coefficient (Wildman–Crippen LogP) is 5.06. The standard InChI is InChI=1S/C10H22NO.2C3H7.Al/c1-4-7-10(12)11(8-5-2)9-6-3;2*1-3-2;/h10H,4-9H2,1-3H3;2*1,3H2,2H3;/q-1;;;+1. The lowest BCUT2D eigenvalue weighted by Crippen LogP contribution is -2.42. The molecule has 0 rings (SSSR count). The molecule has 0 N–H and O–H groups in total. The molecule has 0 amide bonds. The van der Waals surface area contributed by atoms with E-state index >= 15 is 0 Å². The highest BCUT2D eigenvalue weighted by atomic mass is 27.2. The molecule has 0 fully saturated rings. The number of hydrogen-bond donors (Lipinski definition) is 0. The lowest BCUT2D eigenvalue weighted by atomic mass is 10.2. The number of nitrogens with zero attached hydrogens (tertiary/aromatic N) is 1. The molecule has 0 spiro atoms. The van der Waals surface area contributed by atoms with E-state index in [9.17, 15) is 0 Å². The van der Waals surface area contributed by atoms with Crippen LogP contribution in [-0.2, 0) is 3.79 Å². The number of rotatable bonds is 13. The van der Waals surface area contributed by atoms with Crippen molar-refractivity contribution in [3.8, 4) is 0 Å². The summed E-state index contributed by atoms with van der Waals surface area (Å²) in [5.74, 6) is 0. The van der Waals surface area contributed by atoms with Crippen molar-refractivity contribution in [1.82, 2.24) is 4.90 Å². The topological polar surface area (TPSA) is 12.5 Å². The normalized spacial score (nSPS) is 12.9. The van der Waals surface area contributed by atoms with E-state index in [0.717, 1.165) is 0 Å². The minimum absolute atomic E-state index is 0.402. The van der Waals surface area contributed by atoms with E-state index < -0.39 is 14.5 Å². The van der Waals surface area contributed by atoms with Crippen molar-refractivity contribution in [3.63, 3.8) is 0 Å². The van der Waals surface area contributed by atoms with Crippen molar-refractivity contribution in [2.45, 2.75) is 89.9 Å². The molecular weight excluding hydrogens is 249 g/mol. The Kier molecular flexibility index (Phi) is 13.8. The summed E-state index contributed by atoms with van der Waals surface area (Å²) in [5, 5.41) is 2.69. The van der Waals surface area contributed by atoms with Gasteiger partial charge in [0, 0.05) is 13.1 Å². The molecule has 2 nitrogen and oxygen atoms in total. The van der Waals surface area contributed by atoms with Gasteiger partial charge in [0.1, 0.15) is 0 Å². The summed E-state index contributed by atoms with van der Waals surface area (Å²) in [6.07, 6.45) is 7.88. The molecule has 0 heterocycles. The Labute approximate surface area is 126 Å². The molecule has 0 aliphatic rings. The van der Waals surface area contributed by atoms with Crippen molar-refractivity contribution >= 4 is 14.5 Å². The van der Waals surface area contributed by atoms with Crippen LogP contribution in [0.15, 0.2) is 0 Å². The van der Waals surface area contributed by atoms with E-state index in [1.807, 2.05) is 0 Å². The molecule has 0 aliphatic heterocycles. The Balaban J connectivity index is 4.53. The first kappa shape index (κ1) is 19.5. The van der Waals surface area contributed by atoms with E-state index in [2.05, 4.69) is 39.5 Å². The van der Waals surface area contributed by atoms with Crippen molar-refractivity contribution in [1.29, 1.82) is 0 Å². The fraction of sp³-hybridized carbons (Fsp3) is 1.00. The van der Waals surface area contributed by atoms with Gasteiger partial charge in [-0.1, -0.05) is 64.4 Å². The van der Waals surface area contributed by atoms with Gasteiger partial charge in [-0.2, -0.15) is 0 Å². The minimum Gasteiger partial charge on any atom is -0.487 e. The van der Waals surface area contributed by atoms with Gasteiger partial charge in [-0.05, 0) is 19.3 Å². The maximum atomic E-state index is 6.60. The molecule has 1 unspecified atom stereocenters. The highest BCUT2D eigenvalue weighted by molar-refractivity contribution is 6.51. The van der Waals surface area contributed by atoms with Gasteiger partial charge in [0.25, 0.3) is 0 Å². The SMILES string of the molecule is CCCC([O][Al]([CH2]CC)[CH2]CC)N(CCC)CCC. The highest BCUT2D eigenvalue weighted by Gasteiger charge is 2.25. The molecule has 0 aromatic heterocycles. The maximum absolute atomic E-state index is 6.60. The summed E-state index contributed by atoms with van der Waals surface area (Å²) in [6.45, 7) is 13.8. The largest absolute Gasteiger partial charge is 0.487 e. The molecule has 0 bridgehead atoms. The van der Waals surface area contributed by atoms with Crippen molar-refractivity contribution < 1.29 is 3.79 Å². The van der Waals surface area contributed by atoms with E-state index in [4.69, 9.17) is 3.79 Å². The first-order chi connectivity index (χ1) is 9.23. The van der Waals surface area contributed by atoms with E-state index in [0.29, 0.717) is 6.23 Å². The molecule has 19 heavy (non-hydrogen) atoms. The van der Waals surface area contributed by atoms with E-state index in [1.165, 1.54) is 62.2 Å². The fourth-order valence-electron chi connectivity index (χ4n) is 2.70. The quantitative estimate of drug-likeness (QED) is 0.346. The summed E-state index contributed by atoms with van der Waals surface area (Å²) in [6, 6.07) is 0. The summed E-state index contributed by atoms with van der Waals surface area (Å²) < 4.78 is 6.60. The molecule has 0 saturated heterocycles. The molecule has 0 aromatic rings. The molecule has 0 radical (unpaired) electrons. The summed E-state index contributed by atoms with van der Waals surface area (Å²) in [4.78, 5) is 2.59. The Bertz CT molecular complexity index is 178. The molecule has 0 aromatic carbocycles. The molecule has 3 heteroatoms. The first-order valence-corrected chi connectivity index (χ1v) is 10.7. The van der Waals surface area contributed by atoms with Crippen molar-refractivity contribution in [2.24, 2.45) is 0 Å². The third kappa shape index (κ3) is 9.08. The Morgan fingerprint density at radius 1 is 0.789 bits per heavy atom. The van der Waals surface area contributed by atoms with Gasteiger partial charge >= 0.3 is 14.5 Å². The third-order valence-electron chi connectivity index (χ3n) is 3.54. The Hall–Kier alpha value is 0.452. The highest BCUT2D eigenvalue weighted by Crippen LogP contribution is 2.17. The van der Waals surface area contributed by atoms with Crippen LogP contribution >= 0.6 is 0 Å². The Morgan fingerprint density at radius 3 is 1.68 bits per heavy atom. The second-order valence-electron chi connectivity index (χ2n) is 5.61. The van der Waals surface area contributed by atoms with Gasteiger partial charge in [-0.15, -0.1) is 0 Å². The van der Waals surface area contributed by atoms with E-state index in [-0.39, 0.29) is 0 Å². The lowest BCUT2D eigenvalue weighted by Gasteiger charge is -2.34. The van der Waals surface area contributed by atoms with Crippen LogP contribution < -0.4 is 0 Å². The van der Waals surface area contributed by atoms with Gasteiger partial charge in [0.05, 0.1) is 6.23 Å². The summed E-state index contributed by atoms with van der Waals surface area (Å²) >= 11 is -0.971. The van der Waals surface area contributed by atoms with Gasteiger partial charge in [-0.25, -0.2) is 0 Å². The van der Waals surface area contributed by atoms with Gasteiger partial charge in [-0.3, -0.25) is 4.90 Å². The van der Waals surface area contributed by atoms with Crippen LogP contribution in [0.2, 0.25) is 10.6 Å². The summed E-state index contributed by atoms with van der Waals surface area (Å²) in [5.41, 5.74) is 0. The maximum Gasteiger partial charge on any atom is 0.461 e. The van der Waals surface area contributed by atoms with Crippen LogP contribution in [0.25, 0.3) is 0 Å². The summed E-state index contributed by atoms with van der Waals surface area (Å²) in [7, 11) is 0. The first-order valence-electron chi connectivity index (χ1n) is 8.62. The van der Waals surface area contributed by atoms with Crippen molar-refractivity contribution in [2.75, 3.05) is 13.1 Å². The van der Waals surface area contributed by atoms with E-state index in [1.54, 1.807) is 0 Å². The monoisotopic (exact) mass is 285 g/mol. The van der Waals surface area contributed by atoms with Gasteiger partial charge in [0.15, 0.2) is 0 Å². The average Bonchev–Trinajstić information content (AvgIpc) is 2.38. The lowest BCUT2D eigenvalue weighted by molar-refractivity contribution is 0.0148. The van der Waals surface area contributed by atoms with Crippen LogP contribution in [0.4, 0.5) is 0 Å². The molecule has 114 valence electrons.